The Morgan fingerprint density at radius 2 is 1.66 bits per heavy atom. The van der Waals surface area contributed by atoms with Crippen molar-refractivity contribution in [2.24, 2.45) is 11.8 Å². The number of esters is 1. The fourth-order valence-electron chi connectivity index (χ4n) is 6.84. The third kappa shape index (κ3) is 5.47. The summed E-state index contributed by atoms with van der Waals surface area (Å²) in [5.74, 6) is -0.172. The molecule has 2 fully saturated rings. The zero-order chi connectivity index (χ0) is 27.8. The first-order valence-electron chi connectivity index (χ1n) is 14.0. The molecule has 11 heteroatoms. The molecule has 0 radical (unpaired) electrons. The van der Waals surface area contributed by atoms with Crippen molar-refractivity contribution >= 4 is 24.3 Å². The van der Waals surface area contributed by atoms with E-state index in [4.69, 9.17) is 23.7 Å². The number of carbonyl (C=O) groups is 2. The molecule has 1 unspecified atom stereocenters. The molecule has 222 valence electrons. The van der Waals surface area contributed by atoms with Crippen LogP contribution in [0.2, 0.25) is 0 Å². The van der Waals surface area contributed by atoms with E-state index in [1.807, 2.05) is 12.1 Å². The van der Waals surface area contributed by atoms with Crippen molar-refractivity contribution in [2.45, 2.75) is 37.5 Å². The number of nitrogens with one attached hydrogen (secondary N) is 1. The van der Waals surface area contributed by atoms with Gasteiger partial charge in [-0.3, -0.25) is 9.59 Å². The molecule has 0 saturated carbocycles. The quantitative estimate of drug-likeness (QED) is 0.447. The van der Waals surface area contributed by atoms with Crippen LogP contribution in [0.1, 0.15) is 54.2 Å². The molecule has 0 spiro atoms. The molecule has 10 nitrogen and oxygen atoms in total. The SMILES string of the molecule is COc1cc([C@@H]2c3cc4c(cc3[C@@H](CC(=O)NCCN3CCCCC3)C3COC(=O)[C@@H]32)OCO4)cc(OC)c1O.Cl. The van der Waals surface area contributed by atoms with Crippen LogP contribution in [0.4, 0.5) is 0 Å². The molecule has 4 aliphatic rings. The van der Waals surface area contributed by atoms with Crippen LogP contribution in [-0.2, 0) is 14.3 Å². The Morgan fingerprint density at radius 3 is 2.32 bits per heavy atom. The lowest BCUT2D eigenvalue weighted by molar-refractivity contribution is -0.141. The molecule has 1 aliphatic carbocycles. The fraction of sp³-hybridized carbons (Fsp3) is 0.533. The fourth-order valence-corrected chi connectivity index (χ4v) is 6.84. The summed E-state index contributed by atoms with van der Waals surface area (Å²) in [7, 11) is 2.94. The smallest absolute Gasteiger partial charge is 0.310 e. The average molecular weight is 589 g/mol. The van der Waals surface area contributed by atoms with Crippen molar-refractivity contribution in [1.82, 2.24) is 10.2 Å². The number of piperidine rings is 1. The Bertz CT molecular complexity index is 1270. The molecule has 6 rings (SSSR count). The number of fused-ring (bicyclic) bond motifs is 3. The lowest BCUT2D eigenvalue weighted by Gasteiger charge is -2.39. The van der Waals surface area contributed by atoms with E-state index >= 15 is 0 Å². The van der Waals surface area contributed by atoms with Crippen LogP contribution in [0, 0.1) is 11.8 Å². The topological polar surface area (TPSA) is 116 Å². The van der Waals surface area contributed by atoms with E-state index in [0.717, 1.165) is 36.3 Å². The minimum atomic E-state index is -0.530. The predicted octanol–water partition coefficient (Wildman–Crippen LogP) is 3.57. The zero-order valence-corrected chi connectivity index (χ0v) is 24.2. The summed E-state index contributed by atoms with van der Waals surface area (Å²) in [5.41, 5.74) is 2.54. The van der Waals surface area contributed by atoms with Gasteiger partial charge in [0.25, 0.3) is 0 Å². The molecular formula is C30H37ClN2O8. The largest absolute Gasteiger partial charge is 0.502 e. The molecule has 41 heavy (non-hydrogen) atoms. The molecule has 4 atom stereocenters. The summed E-state index contributed by atoms with van der Waals surface area (Å²) in [6.45, 7) is 3.93. The van der Waals surface area contributed by atoms with Gasteiger partial charge < -0.3 is 39.0 Å². The molecule has 1 amide bonds. The zero-order valence-electron chi connectivity index (χ0n) is 23.4. The maximum absolute atomic E-state index is 13.3. The summed E-state index contributed by atoms with van der Waals surface area (Å²) in [6.07, 6.45) is 3.93. The number of hydrogen-bond acceptors (Lipinski definition) is 9. The summed E-state index contributed by atoms with van der Waals surface area (Å²) in [4.78, 5) is 28.9. The van der Waals surface area contributed by atoms with Crippen LogP contribution in [0.15, 0.2) is 24.3 Å². The minimum Gasteiger partial charge on any atom is -0.502 e. The van der Waals surface area contributed by atoms with Crippen LogP contribution in [0.5, 0.6) is 28.7 Å². The van der Waals surface area contributed by atoms with Gasteiger partial charge in [0, 0.05) is 31.3 Å². The number of aromatic hydroxyl groups is 1. The maximum Gasteiger partial charge on any atom is 0.310 e. The van der Waals surface area contributed by atoms with Gasteiger partial charge in [0.2, 0.25) is 18.4 Å². The number of rotatable bonds is 8. The minimum absolute atomic E-state index is 0. The van der Waals surface area contributed by atoms with Crippen molar-refractivity contribution in [3.63, 3.8) is 0 Å². The number of hydrogen-bond donors (Lipinski definition) is 2. The van der Waals surface area contributed by atoms with Crippen LogP contribution >= 0.6 is 12.4 Å². The molecule has 0 aromatic heterocycles. The Morgan fingerprint density at radius 1 is 1.00 bits per heavy atom. The van der Waals surface area contributed by atoms with Gasteiger partial charge in [-0.25, -0.2) is 0 Å². The van der Waals surface area contributed by atoms with Crippen molar-refractivity contribution in [3.8, 4) is 28.7 Å². The average Bonchev–Trinajstić information content (AvgIpc) is 3.59. The molecule has 3 heterocycles. The molecule has 2 N–H and O–H groups in total. The standard InChI is InChI=1S/C30H36N2O8.ClH/c1-36-24-10-17(11-25(37-2)29(24)34)27-20-13-23-22(39-16-40-23)12-18(20)19(21-15-38-30(35)28(21)27)14-26(33)31-6-9-32-7-4-3-5-8-32;/h10-13,19,21,27-28,34H,3-9,14-16H2,1-2H3,(H,31,33);1H/t19-,21?,27-,28+;/m1./s1. The second-order valence-electron chi connectivity index (χ2n) is 11.0. The molecular weight excluding hydrogens is 552 g/mol. The third-order valence-electron chi connectivity index (χ3n) is 8.81. The summed E-state index contributed by atoms with van der Waals surface area (Å²) in [6, 6.07) is 7.32. The van der Waals surface area contributed by atoms with Gasteiger partial charge in [-0.1, -0.05) is 6.42 Å². The predicted molar refractivity (Wildman–Crippen MR) is 151 cm³/mol. The van der Waals surface area contributed by atoms with Crippen molar-refractivity contribution in [3.05, 3.63) is 41.0 Å². The second kappa shape index (κ2) is 12.2. The second-order valence-corrected chi connectivity index (χ2v) is 11.0. The number of phenolic OH excluding ortho intramolecular Hbond substituents is 1. The van der Waals surface area contributed by atoms with Gasteiger partial charge in [0.05, 0.1) is 26.7 Å². The van der Waals surface area contributed by atoms with Gasteiger partial charge in [0.1, 0.15) is 0 Å². The van der Waals surface area contributed by atoms with E-state index in [9.17, 15) is 14.7 Å². The Labute approximate surface area is 245 Å². The number of carbonyl (C=O) groups excluding carboxylic acids is 2. The summed E-state index contributed by atoms with van der Waals surface area (Å²) >= 11 is 0. The first-order valence-corrected chi connectivity index (χ1v) is 14.0. The van der Waals surface area contributed by atoms with Crippen LogP contribution in [0.3, 0.4) is 0 Å². The number of phenols is 1. The molecule has 2 aromatic carbocycles. The van der Waals surface area contributed by atoms with Gasteiger partial charge in [-0.2, -0.15) is 0 Å². The molecule has 0 bridgehead atoms. The van der Waals surface area contributed by atoms with Crippen molar-refractivity contribution < 1.29 is 38.4 Å². The number of cyclic esters (lactones) is 1. The highest BCUT2D eigenvalue weighted by Gasteiger charge is 2.52. The van der Waals surface area contributed by atoms with E-state index in [-0.39, 0.29) is 73.2 Å². The van der Waals surface area contributed by atoms with Crippen LogP contribution in [-0.4, -0.2) is 75.7 Å². The number of halogens is 1. The molecule has 2 aromatic rings. The van der Waals surface area contributed by atoms with Gasteiger partial charge in [-0.05, 0) is 72.8 Å². The number of amides is 1. The molecule has 3 aliphatic heterocycles. The lowest BCUT2D eigenvalue weighted by atomic mass is 9.62. The highest BCUT2D eigenvalue weighted by Crippen LogP contribution is 2.56. The Hall–Kier alpha value is -3.37. The lowest BCUT2D eigenvalue weighted by Crippen LogP contribution is -2.40. The van der Waals surface area contributed by atoms with Gasteiger partial charge in [0.15, 0.2) is 23.0 Å². The third-order valence-corrected chi connectivity index (χ3v) is 8.81. The van der Waals surface area contributed by atoms with E-state index in [1.54, 1.807) is 12.1 Å². The highest BCUT2D eigenvalue weighted by atomic mass is 35.5. The van der Waals surface area contributed by atoms with E-state index in [2.05, 4.69) is 10.2 Å². The van der Waals surface area contributed by atoms with Gasteiger partial charge >= 0.3 is 5.97 Å². The number of likely N-dealkylation sites (tertiary alicyclic amines) is 1. The van der Waals surface area contributed by atoms with Crippen molar-refractivity contribution in [1.29, 1.82) is 0 Å². The maximum atomic E-state index is 13.3. The van der Waals surface area contributed by atoms with Crippen LogP contribution in [0.25, 0.3) is 0 Å². The normalized spacial score (nSPS) is 24.5. The monoisotopic (exact) mass is 588 g/mol. The first kappa shape index (κ1) is 29.1. The highest BCUT2D eigenvalue weighted by molar-refractivity contribution is 5.85. The number of benzene rings is 2. The number of nitrogens with zero attached hydrogens (tertiary/aromatic N) is 1. The number of methoxy groups -OCH3 is 2. The molecule has 2 saturated heterocycles. The van der Waals surface area contributed by atoms with Gasteiger partial charge in [-0.15, -0.1) is 12.4 Å². The first-order chi connectivity index (χ1) is 19.5. The summed E-state index contributed by atoms with van der Waals surface area (Å²) in [5, 5.41) is 13.7. The van der Waals surface area contributed by atoms with E-state index in [1.165, 1.54) is 33.5 Å². The number of ether oxygens (including phenoxy) is 5. The van der Waals surface area contributed by atoms with E-state index in [0.29, 0.717) is 18.0 Å². The summed E-state index contributed by atoms with van der Waals surface area (Å²) < 4.78 is 27.9. The van der Waals surface area contributed by atoms with Crippen molar-refractivity contribution in [2.75, 3.05) is 53.8 Å². The van der Waals surface area contributed by atoms with E-state index < -0.39 is 11.8 Å². The Kier molecular flexibility index (Phi) is 8.70. The van der Waals surface area contributed by atoms with Crippen LogP contribution < -0.4 is 24.3 Å². The Balaban J connectivity index is 0.00000337.